The van der Waals surface area contributed by atoms with Crippen LogP contribution in [0.3, 0.4) is 0 Å². The van der Waals surface area contributed by atoms with Gasteiger partial charge >= 0.3 is 0 Å². The van der Waals surface area contributed by atoms with Crippen LogP contribution >= 0.6 is 0 Å². The Morgan fingerprint density at radius 1 is 1.42 bits per heavy atom. The summed E-state index contributed by atoms with van der Waals surface area (Å²) in [6.45, 7) is 4.75. The van der Waals surface area contributed by atoms with Crippen molar-refractivity contribution in [3.05, 3.63) is 24.0 Å². The van der Waals surface area contributed by atoms with Gasteiger partial charge in [0.2, 0.25) is 0 Å². The van der Waals surface area contributed by atoms with E-state index in [0.29, 0.717) is 11.5 Å². The van der Waals surface area contributed by atoms with E-state index in [-0.39, 0.29) is 5.91 Å². The first-order chi connectivity index (χ1) is 9.11. The Labute approximate surface area is 114 Å². The molecule has 2 saturated heterocycles. The van der Waals surface area contributed by atoms with E-state index < -0.39 is 0 Å². The molecule has 0 bridgehead atoms. The van der Waals surface area contributed by atoms with E-state index in [4.69, 9.17) is 4.74 Å². The van der Waals surface area contributed by atoms with Crippen LogP contribution in [0.5, 0.6) is 0 Å². The standard InChI is InChI=1S/C15H22N2O2/c1-12-10-15(5-8-19-9-6-15)11-17(12)14(18)13-4-3-7-16(13)2/h3-4,7,12H,5-6,8-11H2,1-2H3. The van der Waals surface area contributed by atoms with Crippen LogP contribution in [0.1, 0.15) is 36.7 Å². The van der Waals surface area contributed by atoms with Crippen LogP contribution in [0.25, 0.3) is 0 Å². The molecule has 0 saturated carbocycles. The number of aromatic nitrogens is 1. The third-order valence-electron chi connectivity index (χ3n) is 4.74. The Bertz CT molecular complexity index is 474. The molecule has 2 fully saturated rings. The van der Waals surface area contributed by atoms with Gasteiger partial charge < -0.3 is 14.2 Å². The van der Waals surface area contributed by atoms with Gasteiger partial charge in [-0.25, -0.2) is 0 Å². The largest absolute Gasteiger partial charge is 0.381 e. The van der Waals surface area contributed by atoms with Crippen molar-refractivity contribution in [2.45, 2.75) is 32.2 Å². The highest BCUT2D eigenvalue weighted by Gasteiger charge is 2.45. The van der Waals surface area contributed by atoms with E-state index in [1.807, 2.05) is 29.9 Å². The van der Waals surface area contributed by atoms with Crippen LogP contribution in [-0.4, -0.2) is 41.2 Å². The minimum Gasteiger partial charge on any atom is -0.381 e. The third-order valence-corrected chi connectivity index (χ3v) is 4.74. The number of ether oxygens (including phenoxy) is 1. The predicted molar refractivity (Wildman–Crippen MR) is 73.0 cm³/mol. The maximum absolute atomic E-state index is 12.6. The second kappa shape index (κ2) is 4.67. The number of likely N-dealkylation sites (tertiary alicyclic amines) is 1. The highest BCUT2D eigenvalue weighted by molar-refractivity contribution is 5.93. The lowest BCUT2D eigenvalue weighted by atomic mass is 9.78. The van der Waals surface area contributed by atoms with E-state index in [1.54, 1.807) is 0 Å². The quantitative estimate of drug-likeness (QED) is 0.776. The molecule has 1 atom stereocenters. The Morgan fingerprint density at radius 2 is 2.16 bits per heavy atom. The third kappa shape index (κ3) is 2.18. The molecule has 104 valence electrons. The molecule has 0 aliphatic carbocycles. The van der Waals surface area contributed by atoms with E-state index in [2.05, 4.69) is 11.8 Å². The van der Waals surface area contributed by atoms with Crippen LogP contribution in [0.4, 0.5) is 0 Å². The Balaban J connectivity index is 1.79. The van der Waals surface area contributed by atoms with Crippen molar-refractivity contribution in [1.29, 1.82) is 0 Å². The number of hydrogen-bond acceptors (Lipinski definition) is 2. The topological polar surface area (TPSA) is 34.5 Å². The van der Waals surface area contributed by atoms with Gasteiger partial charge in [0, 0.05) is 39.0 Å². The summed E-state index contributed by atoms with van der Waals surface area (Å²) < 4.78 is 7.38. The van der Waals surface area contributed by atoms with Crippen LogP contribution in [0.2, 0.25) is 0 Å². The lowest BCUT2D eigenvalue weighted by molar-refractivity contribution is 0.0189. The molecule has 0 aromatic carbocycles. The first-order valence-electron chi connectivity index (χ1n) is 7.11. The second-order valence-corrected chi connectivity index (χ2v) is 6.10. The summed E-state index contributed by atoms with van der Waals surface area (Å²) in [6, 6.07) is 4.17. The molecular weight excluding hydrogens is 240 g/mol. The molecule has 1 unspecified atom stereocenters. The normalized spacial score (nSPS) is 26.0. The summed E-state index contributed by atoms with van der Waals surface area (Å²) in [4.78, 5) is 14.7. The maximum Gasteiger partial charge on any atom is 0.270 e. The first-order valence-corrected chi connectivity index (χ1v) is 7.11. The average molecular weight is 262 g/mol. The van der Waals surface area contributed by atoms with Gasteiger partial charge in [0.15, 0.2) is 0 Å². The van der Waals surface area contributed by atoms with Gasteiger partial charge in [0.05, 0.1) is 0 Å². The summed E-state index contributed by atoms with van der Waals surface area (Å²) in [5.74, 6) is 0.170. The van der Waals surface area contributed by atoms with Crippen molar-refractivity contribution < 1.29 is 9.53 Å². The number of carbonyl (C=O) groups is 1. The van der Waals surface area contributed by atoms with E-state index in [9.17, 15) is 4.79 Å². The SMILES string of the molecule is CC1CC2(CCOCC2)CN1C(=O)c1cccn1C. The second-order valence-electron chi connectivity index (χ2n) is 6.10. The number of carbonyl (C=O) groups excluding carboxylic acids is 1. The summed E-state index contributed by atoms with van der Waals surface area (Å²) in [5, 5.41) is 0. The van der Waals surface area contributed by atoms with Gasteiger partial charge in [-0.1, -0.05) is 0 Å². The molecule has 4 heteroatoms. The number of hydrogen-bond donors (Lipinski definition) is 0. The summed E-state index contributed by atoms with van der Waals surface area (Å²) in [5.41, 5.74) is 1.09. The van der Waals surface area contributed by atoms with Gasteiger partial charge in [-0.2, -0.15) is 0 Å². The monoisotopic (exact) mass is 262 g/mol. The van der Waals surface area contributed by atoms with Crippen LogP contribution in [0.15, 0.2) is 18.3 Å². The van der Waals surface area contributed by atoms with E-state index in [0.717, 1.165) is 44.7 Å². The predicted octanol–water partition coefficient (Wildman–Crippen LogP) is 2.06. The lowest BCUT2D eigenvalue weighted by Crippen LogP contribution is -2.37. The maximum atomic E-state index is 12.6. The van der Waals surface area contributed by atoms with Gasteiger partial charge in [-0.15, -0.1) is 0 Å². The lowest BCUT2D eigenvalue weighted by Gasteiger charge is -2.33. The van der Waals surface area contributed by atoms with Crippen molar-refractivity contribution in [2.24, 2.45) is 12.5 Å². The smallest absolute Gasteiger partial charge is 0.270 e. The molecule has 19 heavy (non-hydrogen) atoms. The number of aryl methyl sites for hydroxylation is 1. The molecule has 0 N–H and O–H groups in total. The molecule has 2 aliphatic heterocycles. The first kappa shape index (κ1) is 12.7. The molecular formula is C15H22N2O2. The Hall–Kier alpha value is -1.29. The van der Waals surface area contributed by atoms with Crippen molar-refractivity contribution in [2.75, 3.05) is 19.8 Å². The molecule has 2 aliphatic rings. The average Bonchev–Trinajstić information content (AvgIpc) is 2.94. The van der Waals surface area contributed by atoms with E-state index in [1.165, 1.54) is 0 Å². The molecule has 0 radical (unpaired) electrons. The van der Waals surface area contributed by atoms with Gasteiger partial charge in [-0.3, -0.25) is 4.79 Å². The minimum atomic E-state index is 0.170. The molecule has 4 nitrogen and oxygen atoms in total. The minimum absolute atomic E-state index is 0.170. The van der Waals surface area contributed by atoms with E-state index >= 15 is 0 Å². The van der Waals surface area contributed by atoms with Crippen LogP contribution in [-0.2, 0) is 11.8 Å². The van der Waals surface area contributed by atoms with Crippen molar-refractivity contribution in [3.63, 3.8) is 0 Å². The van der Waals surface area contributed by atoms with Crippen molar-refractivity contribution in [3.8, 4) is 0 Å². The zero-order valence-corrected chi connectivity index (χ0v) is 11.8. The van der Waals surface area contributed by atoms with Gasteiger partial charge in [0.1, 0.15) is 5.69 Å². The molecule has 1 aromatic rings. The molecule has 3 rings (SSSR count). The molecule has 1 amide bonds. The zero-order chi connectivity index (χ0) is 13.5. The Morgan fingerprint density at radius 3 is 2.79 bits per heavy atom. The van der Waals surface area contributed by atoms with Crippen LogP contribution in [0, 0.1) is 5.41 Å². The number of amides is 1. The Kier molecular flexibility index (Phi) is 3.13. The molecule has 1 spiro atoms. The summed E-state index contributed by atoms with van der Waals surface area (Å²) in [7, 11) is 1.93. The molecule has 1 aromatic heterocycles. The highest BCUT2D eigenvalue weighted by Crippen LogP contribution is 2.43. The number of nitrogens with zero attached hydrogens (tertiary/aromatic N) is 2. The fraction of sp³-hybridized carbons (Fsp3) is 0.667. The van der Waals surface area contributed by atoms with Crippen molar-refractivity contribution in [1.82, 2.24) is 9.47 Å². The number of rotatable bonds is 1. The summed E-state index contributed by atoms with van der Waals surface area (Å²) >= 11 is 0. The highest BCUT2D eigenvalue weighted by atomic mass is 16.5. The fourth-order valence-electron chi connectivity index (χ4n) is 3.59. The van der Waals surface area contributed by atoms with Gasteiger partial charge in [-0.05, 0) is 43.7 Å². The zero-order valence-electron chi connectivity index (χ0n) is 11.8. The van der Waals surface area contributed by atoms with Crippen molar-refractivity contribution >= 4 is 5.91 Å². The van der Waals surface area contributed by atoms with Crippen LogP contribution < -0.4 is 0 Å². The fourth-order valence-corrected chi connectivity index (χ4v) is 3.59. The van der Waals surface area contributed by atoms with Gasteiger partial charge in [0.25, 0.3) is 5.91 Å². The summed E-state index contributed by atoms with van der Waals surface area (Å²) in [6.07, 6.45) is 5.23. The molecule has 3 heterocycles.